The summed E-state index contributed by atoms with van der Waals surface area (Å²) >= 11 is 0. The van der Waals surface area contributed by atoms with Gasteiger partial charge in [-0.1, -0.05) is 26.0 Å². The molecule has 1 heterocycles. The van der Waals surface area contributed by atoms with Crippen molar-refractivity contribution in [2.45, 2.75) is 13.8 Å². The fourth-order valence-corrected chi connectivity index (χ4v) is 1.73. The Morgan fingerprint density at radius 2 is 2.10 bits per heavy atom. The first-order valence-corrected chi connectivity index (χ1v) is 6.57. The van der Waals surface area contributed by atoms with E-state index in [1.807, 2.05) is 18.2 Å². The van der Waals surface area contributed by atoms with Crippen molar-refractivity contribution in [2.24, 2.45) is 5.92 Å². The first kappa shape index (κ1) is 14.8. The zero-order valence-corrected chi connectivity index (χ0v) is 11.9. The number of aromatic nitrogens is 2. The molecule has 0 atom stereocenters. The molecule has 110 valence electrons. The van der Waals surface area contributed by atoms with Gasteiger partial charge in [-0.3, -0.25) is 0 Å². The van der Waals surface area contributed by atoms with Crippen molar-refractivity contribution in [3.05, 3.63) is 36.0 Å². The summed E-state index contributed by atoms with van der Waals surface area (Å²) in [5, 5.41) is 9.01. The Labute approximate surface area is 122 Å². The third kappa shape index (κ3) is 3.92. The molecule has 6 heteroatoms. The maximum absolute atomic E-state index is 11.0. The summed E-state index contributed by atoms with van der Waals surface area (Å²) in [6.07, 6.45) is 0. The summed E-state index contributed by atoms with van der Waals surface area (Å²) in [6, 6.07) is 8.67. The monoisotopic (exact) mass is 287 g/mol. The quantitative estimate of drug-likeness (QED) is 0.876. The van der Waals surface area contributed by atoms with Gasteiger partial charge >= 0.3 is 5.97 Å². The summed E-state index contributed by atoms with van der Waals surface area (Å²) in [5.74, 6) is -0.0896. The van der Waals surface area contributed by atoms with E-state index in [0.29, 0.717) is 24.0 Å². The minimum absolute atomic E-state index is 0.0709. The molecular formula is C15H17N3O3. The number of anilines is 1. The summed E-state index contributed by atoms with van der Waals surface area (Å²) in [5.41, 5.74) is 6.60. The number of nitrogen functional groups attached to an aromatic ring is 1. The van der Waals surface area contributed by atoms with Crippen LogP contribution in [-0.2, 0) is 0 Å². The van der Waals surface area contributed by atoms with Crippen LogP contribution in [0.5, 0.6) is 5.75 Å². The van der Waals surface area contributed by atoms with Gasteiger partial charge in [-0.2, -0.15) is 0 Å². The molecule has 2 aromatic rings. The summed E-state index contributed by atoms with van der Waals surface area (Å²) in [6.45, 7) is 4.73. The molecule has 0 saturated heterocycles. The third-order valence-electron chi connectivity index (χ3n) is 2.68. The molecule has 0 aliphatic rings. The fourth-order valence-electron chi connectivity index (χ4n) is 1.73. The maximum Gasteiger partial charge on any atom is 0.354 e. The SMILES string of the molecule is CC(C)COc1cccc(-c2cc(C(=O)O)nc(N)n2)c1. The van der Waals surface area contributed by atoms with E-state index >= 15 is 0 Å². The molecule has 21 heavy (non-hydrogen) atoms. The molecule has 1 aromatic heterocycles. The van der Waals surface area contributed by atoms with Crippen LogP contribution in [-0.4, -0.2) is 27.7 Å². The zero-order chi connectivity index (χ0) is 15.4. The van der Waals surface area contributed by atoms with Gasteiger partial charge in [0.05, 0.1) is 12.3 Å². The predicted octanol–water partition coefficient (Wildman–Crippen LogP) is 2.46. The Morgan fingerprint density at radius 3 is 2.76 bits per heavy atom. The van der Waals surface area contributed by atoms with Crippen LogP contribution in [0.1, 0.15) is 24.3 Å². The topological polar surface area (TPSA) is 98.3 Å². The highest BCUT2D eigenvalue weighted by Crippen LogP contribution is 2.23. The number of hydrogen-bond acceptors (Lipinski definition) is 5. The molecule has 0 bridgehead atoms. The molecule has 0 unspecified atom stereocenters. The lowest BCUT2D eigenvalue weighted by atomic mass is 10.1. The number of hydrogen-bond donors (Lipinski definition) is 2. The number of carboxylic acid groups (broad SMARTS) is 1. The summed E-state index contributed by atoms with van der Waals surface area (Å²) in [4.78, 5) is 18.8. The second-order valence-corrected chi connectivity index (χ2v) is 5.03. The summed E-state index contributed by atoms with van der Waals surface area (Å²) in [7, 11) is 0. The summed E-state index contributed by atoms with van der Waals surface area (Å²) < 4.78 is 5.65. The van der Waals surface area contributed by atoms with E-state index in [1.54, 1.807) is 6.07 Å². The number of rotatable bonds is 5. The van der Waals surface area contributed by atoms with Crippen molar-refractivity contribution >= 4 is 11.9 Å². The van der Waals surface area contributed by atoms with E-state index in [2.05, 4.69) is 23.8 Å². The molecule has 3 N–H and O–H groups in total. The third-order valence-corrected chi connectivity index (χ3v) is 2.68. The van der Waals surface area contributed by atoms with Gasteiger partial charge < -0.3 is 15.6 Å². The van der Waals surface area contributed by atoms with Crippen molar-refractivity contribution in [1.29, 1.82) is 0 Å². The Kier molecular flexibility index (Phi) is 4.37. The van der Waals surface area contributed by atoms with Crippen LogP contribution in [0.4, 0.5) is 5.95 Å². The number of ether oxygens (including phenoxy) is 1. The second-order valence-electron chi connectivity index (χ2n) is 5.03. The molecular weight excluding hydrogens is 270 g/mol. The number of carboxylic acids is 1. The molecule has 0 spiro atoms. The predicted molar refractivity (Wildman–Crippen MR) is 79.2 cm³/mol. The molecule has 1 aromatic carbocycles. The van der Waals surface area contributed by atoms with Crippen LogP contribution >= 0.6 is 0 Å². The van der Waals surface area contributed by atoms with Crippen LogP contribution in [0.3, 0.4) is 0 Å². The number of carbonyl (C=O) groups is 1. The normalized spacial score (nSPS) is 10.6. The van der Waals surface area contributed by atoms with Gasteiger partial charge in [-0.15, -0.1) is 0 Å². The number of nitrogens with zero attached hydrogens (tertiary/aromatic N) is 2. The Hall–Kier alpha value is -2.63. The lowest BCUT2D eigenvalue weighted by Gasteiger charge is -2.10. The van der Waals surface area contributed by atoms with Crippen LogP contribution in [0.25, 0.3) is 11.3 Å². The van der Waals surface area contributed by atoms with Gasteiger partial charge in [0.2, 0.25) is 5.95 Å². The van der Waals surface area contributed by atoms with Crippen LogP contribution in [0.2, 0.25) is 0 Å². The molecule has 0 saturated carbocycles. The first-order chi connectivity index (χ1) is 9.95. The van der Waals surface area contributed by atoms with E-state index < -0.39 is 5.97 Å². The van der Waals surface area contributed by atoms with E-state index in [9.17, 15) is 4.79 Å². The highest BCUT2D eigenvalue weighted by atomic mass is 16.5. The van der Waals surface area contributed by atoms with Crippen LogP contribution in [0, 0.1) is 5.92 Å². The number of benzene rings is 1. The number of aromatic carboxylic acids is 1. The molecule has 6 nitrogen and oxygen atoms in total. The van der Waals surface area contributed by atoms with Gasteiger partial charge in [0.1, 0.15) is 5.75 Å². The van der Waals surface area contributed by atoms with E-state index in [-0.39, 0.29) is 11.6 Å². The smallest absolute Gasteiger partial charge is 0.354 e. The van der Waals surface area contributed by atoms with Crippen molar-refractivity contribution in [2.75, 3.05) is 12.3 Å². The lowest BCUT2D eigenvalue weighted by molar-refractivity contribution is 0.0690. The molecule has 0 aliphatic carbocycles. The van der Waals surface area contributed by atoms with Crippen LogP contribution < -0.4 is 10.5 Å². The van der Waals surface area contributed by atoms with Gasteiger partial charge in [-0.05, 0) is 24.1 Å². The van der Waals surface area contributed by atoms with Crippen molar-refractivity contribution in [1.82, 2.24) is 9.97 Å². The average molecular weight is 287 g/mol. The second kappa shape index (κ2) is 6.21. The fraction of sp³-hybridized carbons (Fsp3) is 0.267. The molecule has 0 aliphatic heterocycles. The minimum atomic E-state index is -1.14. The van der Waals surface area contributed by atoms with Crippen molar-refractivity contribution in [3.63, 3.8) is 0 Å². The van der Waals surface area contributed by atoms with E-state index in [1.165, 1.54) is 6.07 Å². The Morgan fingerprint density at radius 1 is 1.33 bits per heavy atom. The van der Waals surface area contributed by atoms with E-state index in [4.69, 9.17) is 15.6 Å². The highest BCUT2D eigenvalue weighted by Gasteiger charge is 2.11. The van der Waals surface area contributed by atoms with Gasteiger partial charge in [0.15, 0.2) is 5.69 Å². The Bertz CT molecular complexity index is 656. The van der Waals surface area contributed by atoms with E-state index in [0.717, 1.165) is 5.56 Å². The molecule has 0 radical (unpaired) electrons. The lowest BCUT2D eigenvalue weighted by Crippen LogP contribution is -2.06. The van der Waals surface area contributed by atoms with Gasteiger partial charge in [0, 0.05) is 5.56 Å². The maximum atomic E-state index is 11.0. The molecule has 0 fully saturated rings. The minimum Gasteiger partial charge on any atom is -0.493 e. The van der Waals surface area contributed by atoms with Crippen molar-refractivity contribution in [3.8, 4) is 17.0 Å². The standard InChI is InChI=1S/C15H17N3O3/c1-9(2)8-21-11-5-3-4-10(6-11)12-7-13(14(19)20)18-15(16)17-12/h3-7,9H,8H2,1-2H3,(H,19,20)(H2,16,17,18). The first-order valence-electron chi connectivity index (χ1n) is 6.57. The van der Waals surface area contributed by atoms with Gasteiger partial charge in [0.25, 0.3) is 0 Å². The van der Waals surface area contributed by atoms with Gasteiger partial charge in [-0.25, -0.2) is 14.8 Å². The average Bonchev–Trinajstić information content (AvgIpc) is 2.44. The number of nitrogens with two attached hydrogens (primary N) is 1. The molecule has 2 rings (SSSR count). The molecule has 0 amide bonds. The van der Waals surface area contributed by atoms with Crippen LogP contribution in [0.15, 0.2) is 30.3 Å². The Balaban J connectivity index is 2.33. The largest absolute Gasteiger partial charge is 0.493 e. The highest BCUT2D eigenvalue weighted by molar-refractivity contribution is 5.87. The zero-order valence-electron chi connectivity index (χ0n) is 11.9. The van der Waals surface area contributed by atoms with Crippen molar-refractivity contribution < 1.29 is 14.6 Å².